The second-order valence-electron chi connectivity index (χ2n) is 4.54. The first-order valence-electron chi connectivity index (χ1n) is 5.79. The van der Waals surface area contributed by atoms with E-state index >= 15 is 0 Å². The molecule has 2 amide bonds. The van der Waals surface area contributed by atoms with Gasteiger partial charge in [0.25, 0.3) is 0 Å². The number of aryl methyl sites for hydroxylation is 1. The number of carboxylic acids is 1. The van der Waals surface area contributed by atoms with Crippen LogP contribution in [0.15, 0.2) is 12.4 Å². The van der Waals surface area contributed by atoms with E-state index in [1.54, 1.807) is 10.9 Å². The van der Waals surface area contributed by atoms with E-state index in [0.29, 0.717) is 25.8 Å². The molecule has 0 spiro atoms. The van der Waals surface area contributed by atoms with Crippen LogP contribution in [-0.2, 0) is 18.3 Å². The topological polar surface area (TPSA) is 96.2 Å². The Kier molecular flexibility index (Phi) is 3.22. The van der Waals surface area contributed by atoms with E-state index in [2.05, 4.69) is 15.7 Å². The summed E-state index contributed by atoms with van der Waals surface area (Å²) >= 11 is 0. The number of nitrogens with one attached hydrogen (secondary N) is 2. The molecule has 0 unspecified atom stereocenters. The van der Waals surface area contributed by atoms with Crippen LogP contribution in [0.4, 0.5) is 4.79 Å². The molecule has 0 bridgehead atoms. The smallest absolute Gasteiger partial charge is 0.329 e. The molecule has 0 aliphatic heterocycles. The summed E-state index contributed by atoms with van der Waals surface area (Å²) in [5.41, 5.74) is -0.00422. The monoisotopic (exact) mass is 252 g/mol. The van der Waals surface area contributed by atoms with Crippen molar-refractivity contribution in [3.05, 3.63) is 18.0 Å². The van der Waals surface area contributed by atoms with Crippen LogP contribution in [0, 0.1) is 0 Å². The molecule has 7 heteroatoms. The van der Waals surface area contributed by atoms with Gasteiger partial charge in [-0.3, -0.25) is 4.68 Å². The number of urea groups is 1. The largest absolute Gasteiger partial charge is 0.480 e. The van der Waals surface area contributed by atoms with Gasteiger partial charge in [0.15, 0.2) is 0 Å². The van der Waals surface area contributed by atoms with Gasteiger partial charge < -0.3 is 15.7 Å². The summed E-state index contributed by atoms with van der Waals surface area (Å²) in [7, 11) is 1.83. The Bertz CT molecular complexity index is 465. The zero-order valence-electron chi connectivity index (χ0n) is 10.1. The standard InChI is InChI=1S/C11H16N4O3/c1-15-7-8(6-13-15)2-5-12-10(18)14-11(3-4-11)9(16)17/h6-7H,2-5H2,1H3,(H,16,17)(H2,12,14,18). The lowest BCUT2D eigenvalue weighted by molar-refractivity contribution is -0.140. The predicted molar refractivity (Wildman–Crippen MR) is 63.0 cm³/mol. The van der Waals surface area contributed by atoms with Crippen LogP contribution in [0.2, 0.25) is 0 Å². The lowest BCUT2D eigenvalue weighted by Crippen LogP contribution is -2.48. The molecular weight excluding hydrogens is 236 g/mol. The molecule has 1 aromatic rings. The van der Waals surface area contributed by atoms with Gasteiger partial charge >= 0.3 is 12.0 Å². The fourth-order valence-electron chi connectivity index (χ4n) is 1.70. The fraction of sp³-hybridized carbons (Fsp3) is 0.545. The minimum atomic E-state index is -1.03. The van der Waals surface area contributed by atoms with Crippen LogP contribution < -0.4 is 10.6 Å². The summed E-state index contributed by atoms with van der Waals surface area (Å²) in [6.07, 6.45) is 5.27. The van der Waals surface area contributed by atoms with Gasteiger partial charge in [-0.25, -0.2) is 9.59 Å². The Morgan fingerprint density at radius 2 is 2.28 bits per heavy atom. The highest BCUT2D eigenvalue weighted by molar-refractivity contribution is 5.88. The Hall–Kier alpha value is -2.05. The number of carbonyl (C=O) groups is 2. The van der Waals surface area contributed by atoms with E-state index in [9.17, 15) is 9.59 Å². The lowest BCUT2D eigenvalue weighted by atomic mass is 10.2. The van der Waals surface area contributed by atoms with Gasteiger partial charge in [0.05, 0.1) is 6.20 Å². The van der Waals surface area contributed by atoms with Gasteiger partial charge in [-0.05, 0) is 24.8 Å². The molecule has 1 heterocycles. The molecule has 1 fully saturated rings. The summed E-state index contributed by atoms with van der Waals surface area (Å²) in [5.74, 6) is -0.968. The first-order chi connectivity index (χ1) is 8.52. The second kappa shape index (κ2) is 4.67. The van der Waals surface area contributed by atoms with Gasteiger partial charge in [0.1, 0.15) is 5.54 Å². The first-order valence-corrected chi connectivity index (χ1v) is 5.79. The summed E-state index contributed by atoms with van der Waals surface area (Å²) in [6.45, 7) is 0.452. The summed E-state index contributed by atoms with van der Waals surface area (Å²) in [4.78, 5) is 22.4. The maximum Gasteiger partial charge on any atom is 0.329 e. The van der Waals surface area contributed by atoms with Crippen molar-refractivity contribution in [1.82, 2.24) is 20.4 Å². The lowest BCUT2D eigenvalue weighted by Gasteiger charge is -2.12. The van der Waals surface area contributed by atoms with Crippen LogP contribution in [0.5, 0.6) is 0 Å². The number of hydrogen-bond acceptors (Lipinski definition) is 3. The van der Waals surface area contributed by atoms with Crippen molar-refractivity contribution in [3.63, 3.8) is 0 Å². The zero-order valence-corrected chi connectivity index (χ0v) is 10.1. The Balaban J connectivity index is 1.71. The third kappa shape index (κ3) is 2.79. The number of rotatable bonds is 5. The molecule has 0 saturated heterocycles. The molecule has 1 aromatic heterocycles. The van der Waals surface area contributed by atoms with Crippen molar-refractivity contribution in [2.24, 2.45) is 7.05 Å². The number of aliphatic carboxylic acids is 1. The first kappa shape index (κ1) is 12.4. The number of amides is 2. The van der Waals surface area contributed by atoms with Crippen LogP contribution >= 0.6 is 0 Å². The maximum atomic E-state index is 11.5. The highest BCUT2D eigenvalue weighted by Crippen LogP contribution is 2.35. The summed E-state index contributed by atoms with van der Waals surface area (Å²) in [6, 6.07) is -0.432. The van der Waals surface area contributed by atoms with E-state index in [0.717, 1.165) is 5.56 Å². The number of hydrogen-bond donors (Lipinski definition) is 3. The van der Waals surface area contributed by atoms with Crippen molar-refractivity contribution in [1.29, 1.82) is 0 Å². The quantitative estimate of drug-likeness (QED) is 0.680. The van der Waals surface area contributed by atoms with Crippen LogP contribution in [0.25, 0.3) is 0 Å². The maximum absolute atomic E-state index is 11.5. The summed E-state index contributed by atoms with van der Waals surface area (Å²) in [5, 5.41) is 18.1. The molecule has 1 saturated carbocycles. The number of nitrogens with zero attached hydrogens (tertiary/aromatic N) is 2. The van der Waals surface area contributed by atoms with E-state index < -0.39 is 17.5 Å². The van der Waals surface area contributed by atoms with E-state index in [1.165, 1.54) is 0 Å². The van der Waals surface area contributed by atoms with Crippen molar-refractivity contribution in [2.45, 2.75) is 24.8 Å². The van der Waals surface area contributed by atoms with E-state index in [4.69, 9.17) is 5.11 Å². The third-order valence-electron chi connectivity index (χ3n) is 2.97. The zero-order chi connectivity index (χ0) is 13.2. The van der Waals surface area contributed by atoms with Crippen LogP contribution in [0.3, 0.4) is 0 Å². The normalized spacial score (nSPS) is 16.1. The Labute approximate surface area is 104 Å². The SMILES string of the molecule is Cn1cc(CCNC(=O)NC2(C(=O)O)CC2)cn1. The molecule has 98 valence electrons. The van der Waals surface area contributed by atoms with Crippen molar-refractivity contribution < 1.29 is 14.7 Å². The molecule has 7 nitrogen and oxygen atoms in total. The molecule has 3 N–H and O–H groups in total. The molecule has 0 radical (unpaired) electrons. The van der Waals surface area contributed by atoms with Gasteiger partial charge in [-0.2, -0.15) is 5.10 Å². The Morgan fingerprint density at radius 1 is 1.56 bits per heavy atom. The van der Waals surface area contributed by atoms with Crippen molar-refractivity contribution >= 4 is 12.0 Å². The number of carbonyl (C=O) groups excluding carboxylic acids is 1. The van der Waals surface area contributed by atoms with Gasteiger partial charge in [0.2, 0.25) is 0 Å². The molecule has 1 aliphatic carbocycles. The second-order valence-corrected chi connectivity index (χ2v) is 4.54. The molecule has 0 atom stereocenters. The molecule has 0 aromatic carbocycles. The number of carboxylic acid groups (broad SMARTS) is 1. The van der Waals surface area contributed by atoms with Crippen molar-refractivity contribution in [2.75, 3.05) is 6.54 Å². The summed E-state index contributed by atoms with van der Waals surface area (Å²) < 4.78 is 1.69. The average Bonchev–Trinajstić information content (AvgIpc) is 2.96. The fourth-order valence-corrected chi connectivity index (χ4v) is 1.70. The third-order valence-corrected chi connectivity index (χ3v) is 2.97. The van der Waals surface area contributed by atoms with Gasteiger partial charge in [0, 0.05) is 19.8 Å². The highest BCUT2D eigenvalue weighted by atomic mass is 16.4. The average molecular weight is 252 g/mol. The highest BCUT2D eigenvalue weighted by Gasteiger charge is 2.51. The van der Waals surface area contributed by atoms with Crippen LogP contribution in [-0.4, -0.2) is 39.0 Å². The molecule has 2 rings (SSSR count). The predicted octanol–water partition coefficient (Wildman–Crippen LogP) is -0.121. The number of aromatic nitrogens is 2. The minimum absolute atomic E-state index is 0.432. The van der Waals surface area contributed by atoms with E-state index in [-0.39, 0.29) is 0 Å². The Morgan fingerprint density at radius 3 is 2.78 bits per heavy atom. The van der Waals surface area contributed by atoms with Crippen molar-refractivity contribution in [3.8, 4) is 0 Å². The molecular formula is C11H16N4O3. The molecule has 18 heavy (non-hydrogen) atoms. The minimum Gasteiger partial charge on any atom is -0.480 e. The van der Waals surface area contributed by atoms with Gasteiger partial charge in [-0.1, -0.05) is 0 Å². The van der Waals surface area contributed by atoms with Gasteiger partial charge in [-0.15, -0.1) is 0 Å². The molecule has 1 aliphatic rings. The van der Waals surface area contributed by atoms with E-state index in [1.807, 2.05) is 13.2 Å². The van der Waals surface area contributed by atoms with Crippen LogP contribution in [0.1, 0.15) is 18.4 Å².